The van der Waals surface area contributed by atoms with E-state index in [9.17, 15) is 4.79 Å². The molecule has 2 aliphatic heterocycles. The Kier molecular flexibility index (Phi) is 4.61. The molecule has 1 spiro atoms. The molecular weight excluding hydrogens is 358 g/mol. The van der Waals surface area contributed by atoms with Gasteiger partial charge in [-0.1, -0.05) is 0 Å². The fourth-order valence-electron chi connectivity index (χ4n) is 3.44. The van der Waals surface area contributed by atoms with Crippen LogP contribution in [0, 0.1) is 13.8 Å². The molecule has 0 aliphatic carbocycles. The fraction of sp³-hybridized carbons (Fsp3) is 0.588. The Morgan fingerprint density at radius 2 is 2.08 bits per heavy atom. The van der Waals surface area contributed by atoms with Crippen molar-refractivity contribution in [2.24, 2.45) is 0 Å². The molecule has 4 heterocycles. The summed E-state index contributed by atoms with van der Waals surface area (Å²) in [5.74, 6) is -0.000403. The molecule has 2 aromatic heterocycles. The van der Waals surface area contributed by atoms with Crippen LogP contribution in [0.4, 0.5) is 0 Å². The van der Waals surface area contributed by atoms with Gasteiger partial charge in [-0.25, -0.2) is 9.97 Å². The number of aryl methyl sites for hydroxylation is 2. The predicted octanol–water partition coefficient (Wildman–Crippen LogP) is 2.81. The minimum absolute atomic E-state index is 0.000403. The summed E-state index contributed by atoms with van der Waals surface area (Å²) in [5.41, 5.74) is 1.29. The van der Waals surface area contributed by atoms with E-state index in [1.807, 2.05) is 29.5 Å². The normalized spacial score (nSPS) is 22.2. The van der Waals surface area contributed by atoms with Gasteiger partial charge in [0.05, 0.1) is 41.5 Å². The molecule has 0 radical (unpaired) electrons. The highest BCUT2D eigenvalue weighted by Crippen LogP contribution is 2.36. The molecule has 2 fully saturated rings. The van der Waals surface area contributed by atoms with E-state index in [1.165, 1.54) is 11.3 Å². The maximum absolute atomic E-state index is 12.4. The van der Waals surface area contributed by atoms with Gasteiger partial charge in [0.2, 0.25) is 0 Å². The van der Waals surface area contributed by atoms with E-state index in [2.05, 4.69) is 9.97 Å². The number of rotatable bonds is 4. The average molecular weight is 380 g/mol. The lowest BCUT2D eigenvalue weighted by molar-refractivity contribution is -0.188. The smallest absolute Gasteiger partial charge is 0.273 e. The number of hydrogen-bond acceptors (Lipinski definition) is 7. The van der Waals surface area contributed by atoms with Gasteiger partial charge in [-0.15, -0.1) is 22.7 Å². The lowest BCUT2D eigenvalue weighted by Gasteiger charge is -2.52. The summed E-state index contributed by atoms with van der Waals surface area (Å²) in [4.78, 5) is 23.0. The Morgan fingerprint density at radius 3 is 2.76 bits per heavy atom. The first-order valence-corrected chi connectivity index (χ1v) is 10.2. The molecule has 8 heteroatoms. The molecular formula is C17H21N3O3S2. The highest BCUT2D eigenvalue weighted by molar-refractivity contribution is 7.09. The number of thiazole rings is 2. The van der Waals surface area contributed by atoms with Crippen LogP contribution in [-0.2, 0) is 16.1 Å². The molecule has 1 amide bonds. The second kappa shape index (κ2) is 6.75. The van der Waals surface area contributed by atoms with Crippen molar-refractivity contribution in [1.82, 2.24) is 14.9 Å². The Labute approximate surface area is 154 Å². The van der Waals surface area contributed by atoms with E-state index in [0.717, 1.165) is 28.6 Å². The second-order valence-corrected chi connectivity index (χ2v) is 8.85. The minimum Gasteiger partial charge on any atom is -0.372 e. The Hall–Kier alpha value is -1.35. The Morgan fingerprint density at radius 1 is 1.32 bits per heavy atom. The van der Waals surface area contributed by atoms with Gasteiger partial charge < -0.3 is 14.4 Å². The summed E-state index contributed by atoms with van der Waals surface area (Å²) in [7, 11) is 0. The van der Waals surface area contributed by atoms with Crippen LogP contribution in [0.3, 0.4) is 0 Å². The summed E-state index contributed by atoms with van der Waals surface area (Å²) in [6.07, 6.45) is 1.88. The first-order valence-electron chi connectivity index (χ1n) is 8.41. The van der Waals surface area contributed by atoms with Crippen LogP contribution in [0.15, 0.2) is 10.8 Å². The summed E-state index contributed by atoms with van der Waals surface area (Å²) in [6, 6.07) is 0. The molecule has 2 saturated heterocycles. The van der Waals surface area contributed by atoms with Gasteiger partial charge in [0.15, 0.2) is 0 Å². The van der Waals surface area contributed by atoms with Gasteiger partial charge in [0, 0.05) is 23.8 Å². The van der Waals surface area contributed by atoms with E-state index in [0.29, 0.717) is 32.0 Å². The summed E-state index contributed by atoms with van der Waals surface area (Å²) in [6.45, 7) is 6.39. The number of hydrogen-bond donors (Lipinski definition) is 0. The van der Waals surface area contributed by atoms with Crippen molar-refractivity contribution in [2.45, 2.75) is 45.0 Å². The second-order valence-electron chi connectivity index (χ2n) is 6.73. The van der Waals surface area contributed by atoms with E-state index in [4.69, 9.17) is 9.47 Å². The monoisotopic (exact) mass is 379 g/mol. The molecule has 134 valence electrons. The topological polar surface area (TPSA) is 64.6 Å². The number of likely N-dealkylation sites (tertiary alicyclic amines) is 1. The zero-order valence-corrected chi connectivity index (χ0v) is 16.0. The van der Waals surface area contributed by atoms with Crippen LogP contribution < -0.4 is 0 Å². The number of carbonyl (C=O) groups is 1. The molecule has 6 nitrogen and oxygen atoms in total. The average Bonchev–Trinajstić information content (AvgIpc) is 3.18. The van der Waals surface area contributed by atoms with Crippen molar-refractivity contribution in [3.63, 3.8) is 0 Å². The van der Waals surface area contributed by atoms with E-state index in [1.54, 1.807) is 11.3 Å². The van der Waals surface area contributed by atoms with Crippen LogP contribution in [0.5, 0.6) is 0 Å². The number of aromatic nitrogens is 2. The van der Waals surface area contributed by atoms with Crippen LogP contribution >= 0.6 is 22.7 Å². The molecule has 0 saturated carbocycles. The molecule has 25 heavy (non-hydrogen) atoms. The van der Waals surface area contributed by atoms with Crippen LogP contribution in [0.2, 0.25) is 0 Å². The lowest BCUT2D eigenvalue weighted by atomic mass is 9.84. The third-order valence-electron chi connectivity index (χ3n) is 4.66. The Balaban J connectivity index is 1.30. The third-order valence-corrected chi connectivity index (χ3v) is 6.26. The maximum Gasteiger partial charge on any atom is 0.273 e. The molecule has 1 atom stereocenters. The van der Waals surface area contributed by atoms with Gasteiger partial charge >= 0.3 is 0 Å². The number of amides is 1. The van der Waals surface area contributed by atoms with Gasteiger partial charge in [-0.05, 0) is 20.3 Å². The van der Waals surface area contributed by atoms with Crippen LogP contribution in [0.1, 0.15) is 39.0 Å². The van der Waals surface area contributed by atoms with Gasteiger partial charge in [0.1, 0.15) is 11.3 Å². The van der Waals surface area contributed by atoms with Gasteiger partial charge in [-0.2, -0.15) is 0 Å². The summed E-state index contributed by atoms with van der Waals surface area (Å²) < 4.78 is 12.1. The van der Waals surface area contributed by atoms with Crippen LogP contribution in [0.25, 0.3) is 0 Å². The van der Waals surface area contributed by atoms with E-state index >= 15 is 0 Å². The number of carbonyl (C=O) groups excluding carboxylic acids is 1. The molecule has 2 aliphatic rings. The molecule has 0 aromatic carbocycles. The first-order chi connectivity index (χ1) is 12.0. The zero-order chi connectivity index (χ0) is 17.4. The van der Waals surface area contributed by atoms with Crippen molar-refractivity contribution >= 4 is 28.6 Å². The fourth-order valence-corrected chi connectivity index (χ4v) is 4.62. The maximum atomic E-state index is 12.4. The molecule has 2 aromatic rings. The first kappa shape index (κ1) is 17.1. The van der Waals surface area contributed by atoms with E-state index < -0.39 is 0 Å². The molecule has 1 unspecified atom stereocenters. The van der Waals surface area contributed by atoms with Crippen molar-refractivity contribution in [3.05, 3.63) is 32.2 Å². The van der Waals surface area contributed by atoms with Crippen molar-refractivity contribution in [2.75, 3.05) is 19.7 Å². The third kappa shape index (κ3) is 3.62. The molecule has 4 rings (SSSR count). The van der Waals surface area contributed by atoms with Crippen LogP contribution in [-0.4, -0.2) is 52.2 Å². The zero-order valence-electron chi connectivity index (χ0n) is 14.4. The highest BCUT2D eigenvalue weighted by atomic mass is 32.1. The standard InChI is InChI=1S/C17H21N3O3S2/c1-11-18-13(7-24-11)6-22-14-3-4-23-17(5-14)9-20(10-17)16(21)15-8-25-12(2)19-15/h7-8,14H,3-6,9-10H2,1-2H3. The van der Waals surface area contributed by atoms with Gasteiger partial charge in [-0.3, -0.25) is 4.79 Å². The number of nitrogens with zero attached hydrogens (tertiary/aromatic N) is 3. The van der Waals surface area contributed by atoms with Crippen molar-refractivity contribution < 1.29 is 14.3 Å². The van der Waals surface area contributed by atoms with Crippen molar-refractivity contribution in [1.29, 1.82) is 0 Å². The molecule has 0 N–H and O–H groups in total. The Bertz CT molecular complexity index is 767. The molecule has 0 bridgehead atoms. The SMILES string of the molecule is Cc1nc(COC2CCOC3(C2)CN(C(=O)c2csc(C)n2)C3)cs1. The summed E-state index contributed by atoms with van der Waals surface area (Å²) in [5, 5.41) is 5.85. The van der Waals surface area contributed by atoms with Gasteiger partial charge in [0.25, 0.3) is 5.91 Å². The quantitative estimate of drug-likeness (QED) is 0.817. The van der Waals surface area contributed by atoms with Crippen molar-refractivity contribution in [3.8, 4) is 0 Å². The minimum atomic E-state index is -0.248. The van der Waals surface area contributed by atoms with E-state index in [-0.39, 0.29) is 17.6 Å². The number of ether oxygens (including phenoxy) is 2. The highest BCUT2D eigenvalue weighted by Gasteiger charge is 2.50. The largest absolute Gasteiger partial charge is 0.372 e. The predicted molar refractivity (Wildman–Crippen MR) is 96.1 cm³/mol. The summed E-state index contributed by atoms with van der Waals surface area (Å²) >= 11 is 3.15. The lowest BCUT2D eigenvalue weighted by Crippen LogP contribution is -2.67.